The summed E-state index contributed by atoms with van der Waals surface area (Å²) in [6.45, 7) is 0.930. The van der Waals surface area contributed by atoms with Crippen molar-refractivity contribution in [1.82, 2.24) is 4.90 Å². The Kier molecular flexibility index (Phi) is 8.59. The van der Waals surface area contributed by atoms with Crippen LogP contribution in [0.1, 0.15) is 34.0 Å². The molecule has 0 saturated carbocycles. The Balaban J connectivity index is 0.00000372. The van der Waals surface area contributed by atoms with Gasteiger partial charge >= 0.3 is 0 Å². The molecule has 1 aromatic heterocycles. The van der Waals surface area contributed by atoms with Crippen molar-refractivity contribution in [1.29, 1.82) is 0 Å². The van der Waals surface area contributed by atoms with E-state index < -0.39 is 0 Å². The SMILES string of the molecule is COc1ccc2cc1Oc1ccc(cc1)C[C@H]1c3cc(c(OC)cc3CCN1C)Oc1c(O)c(OC)cc3cc[n+](C)c(c13)C2.[Cl-]. The third kappa shape index (κ3) is 5.52. The number of hydrogen-bond donors (Lipinski definition) is 1. The Morgan fingerprint density at radius 1 is 0.826 bits per heavy atom. The zero-order valence-corrected chi connectivity index (χ0v) is 27.4. The molecular formula is C37H37ClN2O6. The highest BCUT2D eigenvalue weighted by Crippen LogP contribution is 2.49. The number of hydrogen-bond acceptors (Lipinski definition) is 7. The number of phenols is 1. The van der Waals surface area contributed by atoms with Crippen molar-refractivity contribution in [3.05, 3.63) is 101 Å². The van der Waals surface area contributed by atoms with Crippen molar-refractivity contribution in [2.75, 3.05) is 34.9 Å². The summed E-state index contributed by atoms with van der Waals surface area (Å²) in [5.74, 6) is 3.74. The van der Waals surface area contributed by atoms with Gasteiger partial charge in [0.25, 0.3) is 0 Å². The van der Waals surface area contributed by atoms with E-state index in [-0.39, 0.29) is 24.2 Å². The molecule has 0 saturated heterocycles. The van der Waals surface area contributed by atoms with Crippen molar-refractivity contribution >= 4 is 10.8 Å². The second-order valence-electron chi connectivity index (χ2n) is 11.8. The van der Waals surface area contributed by atoms with Gasteiger partial charge in [-0.25, -0.2) is 4.57 Å². The lowest BCUT2D eigenvalue weighted by atomic mass is 9.88. The number of rotatable bonds is 3. The first kappa shape index (κ1) is 31.3. The molecule has 1 atom stereocenters. The highest BCUT2D eigenvalue weighted by atomic mass is 35.5. The average molecular weight is 641 g/mol. The normalized spacial score (nSPS) is 15.5. The quantitative estimate of drug-likeness (QED) is 0.302. The fraction of sp³-hybridized carbons (Fsp3) is 0.270. The lowest BCUT2D eigenvalue weighted by molar-refractivity contribution is -0.677. The second kappa shape index (κ2) is 12.6. The Labute approximate surface area is 275 Å². The minimum Gasteiger partial charge on any atom is -1.00 e. The van der Waals surface area contributed by atoms with Crippen LogP contribution in [0.5, 0.6) is 46.0 Å². The van der Waals surface area contributed by atoms with Gasteiger partial charge in [-0.2, -0.15) is 0 Å². The molecule has 6 bridgehead atoms. The number of aromatic hydroxyl groups is 1. The van der Waals surface area contributed by atoms with Crippen molar-refractivity contribution in [3.8, 4) is 46.0 Å². The van der Waals surface area contributed by atoms with E-state index in [0.29, 0.717) is 40.9 Å². The maximum Gasteiger partial charge on any atom is 0.202 e. The molecule has 4 heterocycles. The molecule has 0 spiro atoms. The molecule has 0 unspecified atom stereocenters. The largest absolute Gasteiger partial charge is 1.00 e. The van der Waals surface area contributed by atoms with Crippen molar-refractivity contribution in [3.63, 3.8) is 0 Å². The van der Waals surface area contributed by atoms with Crippen LogP contribution < -0.4 is 40.7 Å². The van der Waals surface area contributed by atoms with Crippen LogP contribution in [0.2, 0.25) is 0 Å². The first-order valence-electron chi connectivity index (χ1n) is 15.1. The monoisotopic (exact) mass is 640 g/mol. The smallest absolute Gasteiger partial charge is 0.202 e. The van der Waals surface area contributed by atoms with Gasteiger partial charge in [-0.3, -0.25) is 4.90 Å². The number of aromatic nitrogens is 1. The number of ether oxygens (including phenoxy) is 5. The molecule has 8 rings (SSSR count). The predicted molar refractivity (Wildman–Crippen MR) is 172 cm³/mol. The molecule has 0 aliphatic carbocycles. The summed E-state index contributed by atoms with van der Waals surface area (Å²) in [5.41, 5.74) is 5.55. The molecule has 0 radical (unpaired) electrons. The van der Waals surface area contributed by atoms with Crippen LogP contribution in [0.25, 0.3) is 10.8 Å². The Hall–Kier alpha value is -4.66. The highest BCUT2D eigenvalue weighted by Gasteiger charge is 2.30. The molecule has 1 N–H and O–H groups in total. The van der Waals surface area contributed by atoms with Gasteiger partial charge in [0.15, 0.2) is 46.4 Å². The standard InChI is InChI=1S/C37H36N2O6.ClH/c1-38-14-12-24-19-31(42-4)33-21-27(24)28(38)16-22-6-9-26(10-7-22)44-32-18-23(8-11-30(32)41-3)17-29-35-25(13-15-39(29)2)20-34(43-5)36(40)37(35)45-33;/h6-11,13,15,18-21,28H,12,14,16-17H2,1-5H3;1H/t28-;/m0./s1. The second-order valence-corrected chi connectivity index (χ2v) is 11.8. The van der Waals surface area contributed by atoms with Crippen LogP contribution >= 0.6 is 0 Å². The van der Waals surface area contributed by atoms with Crippen LogP contribution in [0.3, 0.4) is 0 Å². The van der Waals surface area contributed by atoms with Crippen molar-refractivity contribution in [2.24, 2.45) is 7.05 Å². The minimum absolute atomic E-state index is 0. The molecule has 8 nitrogen and oxygen atoms in total. The Bertz CT molecular complexity index is 1930. The number of benzene rings is 4. The van der Waals surface area contributed by atoms with E-state index in [2.05, 4.69) is 40.8 Å². The summed E-state index contributed by atoms with van der Waals surface area (Å²) in [5, 5.41) is 13.3. The van der Waals surface area contributed by atoms with Gasteiger partial charge in [-0.05, 0) is 84.6 Å². The van der Waals surface area contributed by atoms with E-state index in [4.69, 9.17) is 23.7 Å². The molecule has 4 aromatic carbocycles. The molecule has 0 amide bonds. The first-order chi connectivity index (χ1) is 21.9. The molecule has 3 aliphatic rings. The average Bonchev–Trinajstić information content (AvgIpc) is 3.05. The lowest BCUT2D eigenvalue weighted by Crippen LogP contribution is -3.00. The van der Waals surface area contributed by atoms with Gasteiger partial charge in [-0.15, -0.1) is 0 Å². The van der Waals surface area contributed by atoms with Crippen LogP contribution in [0.4, 0.5) is 0 Å². The maximum atomic E-state index is 11.6. The van der Waals surface area contributed by atoms with Crippen LogP contribution in [0.15, 0.2) is 72.9 Å². The number of likely N-dealkylation sites (N-methyl/N-ethyl adjacent to an activating group) is 1. The number of methoxy groups -OCH3 is 3. The Morgan fingerprint density at radius 2 is 1.54 bits per heavy atom. The number of halogens is 1. The molecular weight excluding hydrogens is 604 g/mol. The van der Waals surface area contributed by atoms with Gasteiger partial charge < -0.3 is 41.2 Å². The van der Waals surface area contributed by atoms with E-state index >= 15 is 0 Å². The zero-order chi connectivity index (χ0) is 31.2. The summed E-state index contributed by atoms with van der Waals surface area (Å²) >= 11 is 0. The lowest BCUT2D eigenvalue weighted by Gasteiger charge is -2.35. The minimum atomic E-state index is -0.0708. The number of aryl methyl sites for hydroxylation is 1. The molecule has 0 fully saturated rings. The maximum absolute atomic E-state index is 11.6. The van der Waals surface area contributed by atoms with Crippen LogP contribution in [0, 0.1) is 0 Å². The van der Waals surface area contributed by atoms with E-state index in [1.54, 1.807) is 21.3 Å². The highest BCUT2D eigenvalue weighted by molar-refractivity contribution is 5.94. The number of phenolic OH excluding ortho intramolecular Hbond substituents is 1. The summed E-state index contributed by atoms with van der Waals surface area (Å²) in [4.78, 5) is 2.38. The molecule has 46 heavy (non-hydrogen) atoms. The summed E-state index contributed by atoms with van der Waals surface area (Å²) < 4.78 is 32.4. The Morgan fingerprint density at radius 3 is 2.28 bits per heavy atom. The van der Waals surface area contributed by atoms with E-state index in [9.17, 15) is 5.11 Å². The number of fused-ring (bicyclic) bond motifs is 2. The summed E-state index contributed by atoms with van der Waals surface area (Å²) in [7, 11) is 9.00. The topological polar surface area (TPSA) is 73.5 Å². The van der Waals surface area contributed by atoms with Crippen LogP contribution in [-0.4, -0.2) is 44.9 Å². The molecule has 238 valence electrons. The van der Waals surface area contributed by atoms with Crippen LogP contribution in [-0.2, 0) is 26.3 Å². The fourth-order valence-corrected chi connectivity index (χ4v) is 6.60. The molecule has 3 aliphatic heterocycles. The first-order valence-corrected chi connectivity index (χ1v) is 15.1. The number of nitrogens with zero attached hydrogens (tertiary/aromatic N) is 2. The van der Waals surface area contributed by atoms with E-state index in [1.807, 2.05) is 55.7 Å². The molecule has 5 aromatic rings. The van der Waals surface area contributed by atoms with Gasteiger partial charge in [0.1, 0.15) is 12.8 Å². The predicted octanol–water partition coefficient (Wildman–Crippen LogP) is 3.66. The van der Waals surface area contributed by atoms with Crippen molar-refractivity contribution in [2.45, 2.75) is 25.3 Å². The van der Waals surface area contributed by atoms with Crippen molar-refractivity contribution < 1.29 is 45.8 Å². The zero-order valence-electron chi connectivity index (χ0n) is 26.6. The third-order valence-corrected chi connectivity index (χ3v) is 9.10. The third-order valence-electron chi connectivity index (χ3n) is 9.10. The van der Waals surface area contributed by atoms with E-state index in [0.717, 1.165) is 47.2 Å². The van der Waals surface area contributed by atoms with Gasteiger partial charge in [0, 0.05) is 24.0 Å². The van der Waals surface area contributed by atoms with Gasteiger partial charge in [0.05, 0.1) is 33.1 Å². The summed E-state index contributed by atoms with van der Waals surface area (Å²) in [6.07, 6.45) is 4.25. The summed E-state index contributed by atoms with van der Waals surface area (Å²) in [6, 6.07) is 22.4. The van der Waals surface area contributed by atoms with Gasteiger partial charge in [0.2, 0.25) is 5.75 Å². The fourth-order valence-electron chi connectivity index (χ4n) is 6.60. The number of pyridine rings is 1. The van der Waals surface area contributed by atoms with E-state index in [1.165, 1.54) is 16.7 Å². The van der Waals surface area contributed by atoms with Gasteiger partial charge in [-0.1, -0.05) is 18.2 Å². The molecule has 9 heteroatoms.